The molecule has 8 rings (SSSR count). The molecule has 1 amide bonds. The third kappa shape index (κ3) is 8.88. The first-order valence-corrected chi connectivity index (χ1v) is 18.4. The minimum absolute atomic E-state index is 0.0288. The van der Waals surface area contributed by atoms with E-state index in [0.29, 0.717) is 37.1 Å². The second-order valence-electron chi connectivity index (χ2n) is 12.5. The number of nitrogens with one attached hydrogen (secondary N) is 3. The lowest BCUT2D eigenvalue weighted by molar-refractivity contribution is -0.0211. The van der Waals surface area contributed by atoms with Gasteiger partial charge < -0.3 is 25.5 Å². The van der Waals surface area contributed by atoms with E-state index >= 15 is 0 Å². The van der Waals surface area contributed by atoms with Crippen LogP contribution in [0.4, 0.5) is 0 Å². The zero-order valence-corrected chi connectivity index (χ0v) is 29.5. The van der Waals surface area contributed by atoms with Crippen LogP contribution in [0.2, 0.25) is 0 Å². The number of aromatic nitrogens is 4. The smallest absolute Gasteiger partial charge is 0.336 e. The third-order valence-corrected chi connectivity index (χ3v) is 11.1. The number of amides is 1. The molecule has 6 aromatic rings. The van der Waals surface area contributed by atoms with Crippen LogP contribution in [0, 0.1) is 0 Å². The molecular weight excluding hydrogens is 685 g/mol. The van der Waals surface area contributed by atoms with Crippen molar-refractivity contribution < 1.29 is 24.9 Å². The second-order valence-corrected chi connectivity index (χ2v) is 14.3. The zero-order valence-electron chi connectivity index (χ0n) is 27.9. The number of carboxylic acid groups (broad SMARTS) is 1. The van der Waals surface area contributed by atoms with Crippen LogP contribution >= 0.6 is 22.7 Å². The highest BCUT2D eigenvalue weighted by molar-refractivity contribution is 7.14. The number of benzene rings is 2. The standard InChI is InChI=1S/C19H19N3O2S.C11H15NO.C8H6N2O2S/c23-18(14-10-17(25-13-14)15-11-20-21-12-15)22-8-6-19(24,7-9-22)16-4-2-1-3-5-16;13-11(6-8-12-9-7-11)10-4-2-1-3-5-10;11-8(12)5-1-7(13-4-5)6-2-9-10-3-6/h1-5,10-13,24H,6-9H2,(H,20,21);1-5,12-13H,6-9H2;1-4H,(H,9,10)(H,11,12). The fraction of sp³-hybridized carbons (Fsp3) is 0.263. The molecule has 2 saturated heterocycles. The van der Waals surface area contributed by atoms with Crippen molar-refractivity contribution in [3.63, 3.8) is 0 Å². The monoisotopic (exact) mass is 724 g/mol. The van der Waals surface area contributed by atoms with Gasteiger partial charge >= 0.3 is 5.97 Å². The summed E-state index contributed by atoms with van der Waals surface area (Å²) in [6.45, 7) is 2.93. The molecule has 2 fully saturated rings. The summed E-state index contributed by atoms with van der Waals surface area (Å²) in [6.07, 6.45) is 9.72. The van der Waals surface area contributed by atoms with Crippen LogP contribution in [0.15, 0.2) is 108 Å². The minimum Gasteiger partial charge on any atom is -0.478 e. The number of thiophene rings is 2. The first-order valence-electron chi connectivity index (χ1n) is 16.7. The lowest BCUT2D eigenvalue weighted by atomic mass is 9.84. The highest BCUT2D eigenvalue weighted by Gasteiger charge is 2.35. The number of nitrogens with zero attached hydrogens (tertiary/aromatic N) is 3. The topological polar surface area (TPSA) is 167 Å². The summed E-state index contributed by atoms with van der Waals surface area (Å²) in [5, 5.41) is 49.8. The number of likely N-dealkylation sites (tertiary alicyclic amines) is 1. The summed E-state index contributed by atoms with van der Waals surface area (Å²) in [5.74, 6) is -0.868. The van der Waals surface area contributed by atoms with Crippen LogP contribution in [0.3, 0.4) is 0 Å². The molecule has 0 atom stereocenters. The predicted molar refractivity (Wildman–Crippen MR) is 199 cm³/mol. The Morgan fingerprint density at radius 2 is 1.16 bits per heavy atom. The van der Waals surface area contributed by atoms with Gasteiger partial charge in [0.15, 0.2) is 0 Å². The normalized spacial score (nSPS) is 16.2. The lowest BCUT2D eigenvalue weighted by Gasteiger charge is -2.38. The van der Waals surface area contributed by atoms with E-state index in [9.17, 15) is 19.8 Å². The summed E-state index contributed by atoms with van der Waals surface area (Å²) in [4.78, 5) is 27.1. The molecule has 2 aromatic carbocycles. The van der Waals surface area contributed by atoms with Crippen molar-refractivity contribution in [1.29, 1.82) is 0 Å². The number of piperidine rings is 2. The lowest BCUT2D eigenvalue weighted by Crippen LogP contribution is -2.45. The number of carbonyl (C=O) groups excluding carboxylic acids is 1. The van der Waals surface area contributed by atoms with Crippen molar-refractivity contribution in [3.8, 4) is 20.9 Å². The SMILES string of the molecule is O=C(O)c1csc(-c2cn[nH]c2)c1.O=C(c1csc(-c2cn[nH]c2)c1)N1CCC(O)(c2ccccc2)CC1.OC1(c2ccccc2)CCNCC1. The summed E-state index contributed by atoms with van der Waals surface area (Å²) in [7, 11) is 0. The molecule has 0 radical (unpaired) electrons. The van der Waals surface area contributed by atoms with E-state index in [-0.39, 0.29) is 5.91 Å². The second kappa shape index (κ2) is 16.4. The molecule has 0 aliphatic carbocycles. The van der Waals surface area contributed by atoms with Crippen molar-refractivity contribution in [3.05, 3.63) is 131 Å². The van der Waals surface area contributed by atoms with Crippen molar-refractivity contribution >= 4 is 34.6 Å². The van der Waals surface area contributed by atoms with Crippen molar-refractivity contribution in [2.45, 2.75) is 36.9 Å². The Kier molecular flexibility index (Phi) is 11.5. The molecule has 6 heterocycles. The molecule has 0 bridgehead atoms. The molecule has 0 spiro atoms. The summed E-state index contributed by atoms with van der Waals surface area (Å²) < 4.78 is 0. The summed E-state index contributed by atoms with van der Waals surface area (Å²) >= 11 is 2.93. The number of H-pyrrole nitrogens is 2. The molecule has 2 aliphatic rings. The largest absolute Gasteiger partial charge is 0.478 e. The van der Waals surface area contributed by atoms with Gasteiger partial charge in [-0.2, -0.15) is 10.2 Å². The molecule has 13 heteroatoms. The van der Waals surface area contributed by atoms with Crippen LogP contribution in [0.1, 0.15) is 57.5 Å². The highest BCUT2D eigenvalue weighted by Crippen LogP contribution is 2.34. The van der Waals surface area contributed by atoms with Crippen LogP contribution < -0.4 is 5.32 Å². The fourth-order valence-electron chi connectivity index (χ4n) is 6.15. The molecule has 2 aliphatic heterocycles. The number of hydrogen-bond acceptors (Lipinski definition) is 9. The van der Waals surface area contributed by atoms with Crippen LogP contribution in [-0.4, -0.2) is 78.7 Å². The van der Waals surface area contributed by atoms with E-state index in [1.54, 1.807) is 30.0 Å². The van der Waals surface area contributed by atoms with Crippen LogP contribution in [0.25, 0.3) is 20.9 Å². The van der Waals surface area contributed by atoms with Gasteiger partial charge in [-0.1, -0.05) is 60.7 Å². The average molecular weight is 725 g/mol. The zero-order chi connectivity index (χ0) is 35.7. The number of rotatable bonds is 6. The van der Waals surface area contributed by atoms with Gasteiger partial charge in [0, 0.05) is 57.1 Å². The Hall–Kier alpha value is -4.92. The molecule has 51 heavy (non-hydrogen) atoms. The van der Waals surface area contributed by atoms with Gasteiger partial charge in [0.2, 0.25) is 0 Å². The van der Waals surface area contributed by atoms with Crippen molar-refractivity contribution in [2.24, 2.45) is 0 Å². The molecular formula is C38H40N6O5S2. The molecule has 0 unspecified atom stereocenters. The summed E-state index contributed by atoms with van der Waals surface area (Å²) in [6, 6.07) is 23.2. The van der Waals surface area contributed by atoms with Gasteiger partial charge in [-0.3, -0.25) is 15.0 Å². The van der Waals surface area contributed by atoms with E-state index in [1.165, 1.54) is 22.7 Å². The minimum atomic E-state index is -0.897. The maximum Gasteiger partial charge on any atom is 0.336 e. The number of carboxylic acids is 1. The maximum absolute atomic E-state index is 12.8. The van der Waals surface area contributed by atoms with Gasteiger partial charge in [0.05, 0.1) is 34.7 Å². The third-order valence-electron chi connectivity index (χ3n) is 9.19. The molecule has 11 nitrogen and oxygen atoms in total. The van der Waals surface area contributed by atoms with E-state index < -0.39 is 17.2 Å². The van der Waals surface area contributed by atoms with Crippen LogP contribution in [-0.2, 0) is 11.2 Å². The molecule has 4 aromatic heterocycles. The van der Waals surface area contributed by atoms with Crippen LogP contribution in [0.5, 0.6) is 0 Å². The first kappa shape index (κ1) is 35.9. The van der Waals surface area contributed by atoms with Gasteiger partial charge in [-0.25, -0.2) is 4.79 Å². The van der Waals surface area contributed by atoms with E-state index in [2.05, 4.69) is 25.7 Å². The Balaban J connectivity index is 0.000000145. The maximum atomic E-state index is 12.8. The number of hydrogen-bond donors (Lipinski definition) is 6. The quantitative estimate of drug-likeness (QED) is 0.116. The Bertz CT molecular complexity index is 1960. The van der Waals surface area contributed by atoms with Gasteiger partial charge in [0.25, 0.3) is 5.91 Å². The molecule has 0 saturated carbocycles. The summed E-state index contributed by atoms with van der Waals surface area (Å²) in [5.41, 5.74) is 3.48. The number of aromatic carboxylic acids is 1. The average Bonchev–Trinajstić information content (AvgIpc) is 4.01. The van der Waals surface area contributed by atoms with Gasteiger partial charge in [-0.15, -0.1) is 22.7 Å². The number of carbonyl (C=O) groups is 2. The van der Waals surface area contributed by atoms with E-state index in [1.807, 2.05) is 83.2 Å². The van der Waals surface area contributed by atoms with Gasteiger partial charge in [0.1, 0.15) is 0 Å². The Morgan fingerprint density at radius 1 is 0.686 bits per heavy atom. The molecule has 6 N–H and O–H groups in total. The first-order chi connectivity index (χ1) is 24.7. The number of aromatic amines is 2. The van der Waals surface area contributed by atoms with Crippen molar-refractivity contribution in [1.82, 2.24) is 30.6 Å². The Morgan fingerprint density at radius 3 is 1.61 bits per heavy atom. The highest BCUT2D eigenvalue weighted by atomic mass is 32.1. The van der Waals surface area contributed by atoms with Gasteiger partial charge in [-0.05, 0) is 62.0 Å². The predicted octanol–water partition coefficient (Wildman–Crippen LogP) is 6.36. The molecule has 264 valence electrons. The number of aliphatic hydroxyl groups is 2. The van der Waals surface area contributed by atoms with E-state index in [0.717, 1.165) is 57.9 Å². The van der Waals surface area contributed by atoms with E-state index in [4.69, 9.17) is 5.11 Å². The van der Waals surface area contributed by atoms with Crippen molar-refractivity contribution in [2.75, 3.05) is 26.2 Å². The Labute approximate surface area is 303 Å². The fourth-order valence-corrected chi connectivity index (χ4v) is 7.88.